The Morgan fingerprint density at radius 3 is 2.45 bits per heavy atom. The Kier molecular flexibility index (Phi) is 3.34. The number of likely N-dealkylation sites (tertiary alicyclic amines) is 1. The zero-order valence-electron chi connectivity index (χ0n) is 8.01. The van der Waals surface area contributed by atoms with Gasteiger partial charge in [0, 0.05) is 26.2 Å². The van der Waals surface area contributed by atoms with E-state index in [2.05, 4.69) is 30.8 Å². The predicted octanol–water partition coefficient (Wildman–Crippen LogP) is 0.890. The minimum Gasteiger partial charge on any atom is -0.308 e. The minimum absolute atomic E-state index is 0.997. The maximum absolute atomic E-state index is 2.54. The Hall–Kier alpha value is -0.0800. The normalized spacial score (nSPS) is 20.7. The van der Waals surface area contributed by atoms with Crippen LogP contribution in [0.5, 0.6) is 0 Å². The zero-order chi connectivity index (χ0) is 8.27. The first-order valence-corrected chi connectivity index (χ1v) is 4.59. The molecule has 0 aromatic heterocycles. The Morgan fingerprint density at radius 1 is 1.36 bits per heavy atom. The topological polar surface area (TPSA) is 6.48 Å². The Labute approximate surface area is 70.2 Å². The van der Waals surface area contributed by atoms with Crippen molar-refractivity contribution in [3.05, 3.63) is 0 Å². The smallest absolute Gasteiger partial charge is 0.0109 e. The molecule has 0 saturated carbocycles. The van der Waals surface area contributed by atoms with Gasteiger partial charge >= 0.3 is 0 Å². The van der Waals surface area contributed by atoms with Crippen LogP contribution in [0.15, 0.2) is 0 Å². The van der Waals surface area contributed by atoms with Gasteiger partial charge in [-0.15, -0.1) is 0 Å². The highest BCUT2D eigenvalue weighted by atomic mass is 15.2. The third kappa shape index (κ3) is 2.80. The summed E-state index contributed by atoms with van der Waals surface area (Å²) >= 11 is 0. The first-order chi connectivity index (χ1) is 5.22. The molecule has 2 heteroatoms. The molecule has 1 heterocycles. The first-order valence-electron chi connectivity index (χ1n) is 4.59. The number of hydrogen-bond donors (Lipinski definition) is 0. The van der Waals surface area contributed by atoms with Gasteiger partial charge in [-0.3, -0.25) is 0 Å². The van der Waals surface area contributed by atoms with Crippen LogP contribution in [0.1, 0.15) is 13.3 Å². The lowest BCUT2D eigenvalue weighted by atomic mass is 9.98. The molecule has 0 aromatic carbocycles. The van der Waals surface area contributed by atoms with E-state index >= 15 is 0 Å². The highest BCUT2D eigenvalue weighted by Gasteiger charge is 2.23. The molecule has 1 rings (SSSR count). The highest BCUT2D eigenvalue weighted by Crippen LogP contribution is 2.17. The molecular weight excluding hydrogens is 136 g/mol. The second kappa shape index (κ2) is 4.07. The van der Waals surface area contributed by atoms with E-state index in [0.717, 1.165) is 5.92 Å². The lowest BCUT2D eigenvalue weighted by Gasteiger charge is -2.39. The van der Waals surface area contributed by atoms with E-state index in [1.54, 1.807) is 0 Å². The van der Waals surface area contributed by atoms with Gasteiger partial charge in [-0.1, -0.05) is 13.3 Å². The van der Waals surface area contributed by atoms with Crippen LogP contribution in [0.2, 0.25) is 0 Å². The van der Waals surface area contributed by atoms with E-state index in [9.17, 15) is 0 Å². The summed E-state index contributed by atoms with van der Waals surface area (Å²) in [4.78, 5) is 4.79. The third-order valence-corrected chi connectivity index (χ3v) is 2.47. The molecule has 0 bridgehead atoms. The molecule has 2 nitrogen and oxygen atoms in total. The van der Waals surface area contributed by atoms with Gasteiger partial charge in [-0.2, -0.15) is 0 Å². The summed E-state index contributed by atoms with van der Waals surface area (Å²) in [5.74, 6) is 0.997. The summed E-state index contributed by atoms with van der Waals surface area (Å²) in [7, 11) is 4.27. The van der Waals surface area contributed by atoms with Crippen LogP contribution < -0.4 is 0 Å². The summed E-state index contributed by atoms with van der Waals surface area (Å²) in [6.07, 6.45) is 1.36. The number of hydrogen-bond acceptors (Lipinski definition) is 2. The van der Waals surface area contributed by atoms with E-state index in [4.69, 9.17) is 0 Å². The zero-order valence-corrected chi connectivity index (χ0v) is 8.01. The summed E-state index contributed by atoms with van der Waals surface area (Å²) in [6, 6.07) is 0. The quantitative estimate of drug-likeness (QED) is 0.596. The maximum Gasteiger partial charge on any atom is 0.0109 e. The second-order valence-electron chi connectivity index (χ2n) is 3.84. The van der Waals surface area contributed by atoms with Crippen molar-refractivity contribution in [1.82, 2.24) is 9.80 Å². The van der Waals surface area contributed by atoms with E-state index < -0.39 is 0 Å². The molecular formula is C9H20N2. The highest BCUT2D eigenvalue weighted by molar-refractivity contribution is 4.78. The number of rotatable bonds is 4. The first kappa shape index (κ1) is 9.01. The molecule has 11 heavy (non-hydrogen) atoms. The van der Waals surface area contributed by atoms with Gasteiger partial charge in [0.1, 0.15) is 0 Å². The molecule has 0 unspecified atom stereocenters. The van der Waals surface area contributed by atoms with E-state index in [1.165, 1.54) is 32.6 Å². The number of likely N-dealkylation sites (N-methyl/N-ethyl adjacent to an activating group) is 1. The predicted molar refractivity (Wildman–Crippen MR) is 48.8 cm³/mol. The van der Waals surface area contributed by atoms with Gasteiger partial charge in [-0.25, -0.2) is 0 Å². The SMILES string of the molecule is CCC1CN(CCN(C)C)C1. The van der Waals surface area contributed by atoms with Crippen molar-refractivity contribution in [2.75, 3.05) is 40.3 Å². The molecule has 0 radical (unpaired) electrons. The third-order valence-electron chi connectivity index (χ3n) is 2.47. The largest absolute Gasteiger partial charge is 0.308 e. The van der Waals surface area contributed by atoms with Crippen molar-refractivity contribution < 1.29 is 0 Å². The van der Waals surface area contributed by atoms with Gasteiger partial charge in [-0.05, 0) is 20.0 Å². The Morgan fingerprint density at radius 2 is 2.00 bits per heavy atom. The molecule has 0 aromatic rings. The van der Waals surface area contributed by atoms with Crippen LogP contribution in [-0.4, -0.2) is 50.1 Å². The Balaban J connectivity index is 1.96. The van der Waals surface area contributed by atoms with Crippen molar-refractivity contribution in [1.29, 1.82) is 0 Å². The average molecular weight is 156 g/mol. The molecule has 0 amide bonds. The van der Waals surface area contributed by atoms with Gasteiger partial charge in [0.2, 0.25) is 0 Å². The van der Waals surface area contributed by atoms with Crippen LogP contribution in [0.25, 0.3) is 0 Å². The molecule has 1 aliphatic heterocycles. The summed E-state index contributed by atoms with van der Waals surface area (Å²) < 4.78 is 0. The van der Waals surface area contributed by atoms with Crippen LogP contribution >= 0.6 is 0 Å². The molecule has 0 spiro atoms. The molecule has 1 aliphatic rings. The molecule has 0 atom stereocenters. The van der Waals surface area contributed by atoms with Crippen molar-refractivity contribution in [2.45, 2.75) is 13.3 Å². The average Bonchev–Trinajstić information content (AvgIpc) is 1.84. The van der Waals surface area contributed by atoms with Crippen LogP contribution in [-0.2, 0) is 0 Å². The molecule has 1 saturated heterocycles. The van der Waals surface area contributed by atoms with Gasteiger partial charge in [0.15, 0.2) is 0 Å². The van der Waals surface area contributed by atoms with E-state index in [1.807, 2.05) is 0 Å². The monoisotopic (exact) mass is 156 g/mol. The maximum atomic E-state index is 2.54. The van der Waals surface area contributed by atoms with E-state index in [-0.39, 0.29) is 0 Å². The summed E-state index contributed by atoms with van der Waals surface area (Å²) in [5, 5.41) is 0. The molecule has 66 valence electrons. The fourth-order valence-electron chi connectivity index (χ4n) is 1.46. The molecule has 0 N–H and O–H groups in total. The standard InChI is InChI=1S/C9H20N2/c1-4-9-7-11(8-9)6-5-10(2)3/h9H,4-8H2,1-3H3. The summed E-state index contributed by atoms with van der Waals surface area (Å²) in [5.41, 5.74) is 0. The van der Waals surface area contributed by atoms with E-state index in [0.29, 0.717) is 0 Å². The lowest BCUT2D eigenvalue weighted by Crippen LogP contribution is -2.48. The minimum atomic E-state index is 0.997. The van der Waals surface area contributed by atoms with Crippen molar-refractivity contribution >= 4 is 0 Å². The van der Waals surface area contributed by atoms with Gasteiger partial charge in [0.25, 0.3) is 0 Å². The lowest BCUT2D eigenvalue weighted by molar-refractivity contribution is 0.0899. The van der Waals surface area contributed by atoms with Crippen LogP contribution in [0.4, 0.5) is 0 Å². The summed E-state index contributed by atoms with van der Waals surface area (Å²) in [6.45, 7) is 7.42. The van der Waals surface area contributed by atoms with Crippen molar-refractivity contribution in [2.24, 2.45) is 5.92 Å². The number of nitrogens with zero attached hydrogens (tertiary/aromatic N) is 2. The van der Waals surface area contributed by atoms with Gasteiger partial charge < -0.3 is 9.80 Å². The fourth-order valence-corrected chi connectivity index (χ4v) is 1.46. The molecule has 0 aliphatic carbocycles. The van der Waals surface area contributed by atoms with Crippen LogP contribution in [0.3, 0.4) is 0 Å². The second-order valence-corrected chi connectivity index (χ2v) is 3.84. The fraction of sp³-hybridized carbons (Fsp3) is 1.00. The van der Waals surface area contributed by atoms with Crippen molar-refractivity contribution in [3.8, 4) is 0 Å². The van der Waals surface area contributed by atoms with Crippen molar-refractivity contribution in [3.63, 3.8) is 0 Å². The molecule has 1 fully saturated rings. The van der Waals surface area contributed by atoms with Gasteiger partial charge in [0.05, 0.1) is 0 Å². The Bertz CT molecular complexity index is 106. The van der Waals surface area contributed by atoms with Crippen LogP contribution in [0, 0.1) is 5.92 Å².